The zero-order valence-corrected chi connectivity index (χ0v) is 13.5. The number of carbonyl (C=O) groups is 1. The van der Waals surface area contributed by atoms with E-state index in [0.717, 1.165) is 18.4 Å². The predicted molar refractivity (Wildman–Crippen MR) is 82.7 cm³/mol. The lowest BCUT2D eigenvalue weighted by Gasteiger charge is -2.14. The van der Waals surface area contributed by atoms with Gasteiger partial charge in [-0.2, -0.15) is 0 Å². The molecule has 0 fully saturated rings. The highest BCUT2D eigenvalue weighted by Gasteiger charge is 2.28. The van der Waals surface area contributed by atoms with Crippen molar-refractivity contribution in [3.63, 3.8) is 0 Å². The molecule has 0 aromatic heterocycles. The Labute approximate surface area is 126 Å². The number of amides is 1. The van der Waals surface area contributed by atoms with Crippen molar-refractivity contribution in [2.24, 2.45) is 5.92 Å². The highest BCUT2D eigenvalue weighted by atomic mass is 32.2. The number of sulfonamides is 1. The van der Waals surface area contributed by atoms with Crippen LogP contribution in [0, 0.1) is 5.92 Å². The molecule has 0 spiro atoms. The largest absolute Gasteiger partial charge is 0.325 e. The van der Waals surface area contributed by atoms with Gasteiger partial charge in [0.25, 0.3) is 0 Å². The number of hydrogen-bond acceptors (Lipinski definition) is 3. The highest BCUT2D eigenvalue weighted by molar-refractivity contribution is 7.89. The second-order valence-electron chi connectivity index (χ2n) is 5.49. The van der Waals surface area contributed by atoms with Gasteiger partial charge in [-0.1, -0.05) is 26.7 Å². The third kappa shape index (κ3) is 3.27. The third-order valence-corrected chi connectivity index (χ3v) is 5.59. The van der Waals surface area contributed by atoms with Gasteiger partial charge in [0.2, 0.25) is 15.9 Å². The molecule has 0 saturated heterocycles. The molecule has 1 atom stereocenters. The van der Waals surface area contributed by atoms with Gasteiger partial charge in [0.15, 0.2) is 0 Å². The molecule has 2 N–H and O–H groups in total. The number of fused-ring (bicyclic) bond motifs is 1. The van der Waals surface area contributed by atoms with E-state index in [1.165, 1.54) is 6.07 Å². The van der Waals surface area contributed by atoms with Gasteiger partial charge >= 0.3 is 0 Å². The van der Waals surface area contributed by atoms with E-state index >= 15 is 0 Å². The van der Waals surface area contributed by atoms with Gasteiger partial charge in [-0.25, -0.2) is 13.1 Å². The SMILES string of the molecule is CCC(CC)CNS(=O)(=O)c1ccc2c(c1)C(C)C(=O)N2. The van der Waals surface area contributed by atoms with E-state index in [9.17, 15) is 13.2 Å². The summed E-state index contributed by atoms with van der Waals surface area (Å²) in [5, 5.41) is 2.74. The zero-order chi connectivity index (χ0) is 15.6. The van der Waals surface area contributed by atoms with Gasteiger partial charge in [0, 0.05) is 12.2 Å². The second-order valence-corrected chi connectivity index (χ2v) is 7.26. The molecular formula is C15H22N2O3S. The molecule has 1 aliphatic rings. The first-order chi connectivity index (χ1) is 9.89. The van der Waals surface area contributed by atoms with Gasteiger partial charge < -0.3 is 5.32 Å². The Morgan fingerprint density at radius 1 is 1.29 bits per heavy atom. The molecule has 1 aliphatic heterocycles. The molecule has 0 aliphatic carbocycles. The van der Waals surface area contributed by atoms with E-state index in [-0.39, 0.29) is 16.7 Å². The van der Waals surface area contributed by atoms with Crippen LogP contribution in [0.25, 0.3) is 0 Å². The summed E-state index contributed by atoms with van der Waals surface area (Å²) >= 11 is 0. The summed E-state index contributed by atoms with van der Waals surface area (Å²) in [5.74, 6) is -0.0601. The van der Waals surface area contributed by atoms with Crippen molar-refractivity contribution in [2.75, 3.05) is 11.9 Å². The number of carbonyl (C=O) groups excluding carboxylic acids is 1. The molecular weight excluding hydrogens is 288 g/mol. The van der Waals surface area contributed by atoms with Crippen molar-refractivity contribution >= 4 is 21.6 Å². The lowest BCUT2D eigenvalue weighted by atomic mass is 10.0. The maximum absolute atomic E-state index is 12.3. The van der Waals surface area contributed by atoms with E-state index in [0.29, 0.717) is 18.2 Å². The minimum Gasteiger partial charge on any atom is -0.325 e. The maximum Gasteiger partial charge on any atom is 0.240 e. The number of benzene rings is 1. The van der Waals surface area contributed by atoms with Crippen molar-refractivity contribution in [1.29, 1.82) is 0 Å². The van der Waals surface area contributed by atoms with Crippen molar-refractivity contribution < 1.29 is 13.2 Å². The minimum atomic E-state index is -3.53. The average molecular weight is 310 g/mol. The molecule has 5 nitrogen and oxygen atoms in total. The summed E-state index contributed by atoms with van der Waals surface area (Å²) in [7, 11) is -3.53. The molecule has 1 aromatic carbocycles. The Morgan fingerprint density at radius 2 is 1.95 bits per heavy atom. The summed E-state index contributed by atoms with van der Waals surface area (Å²) in [6, 6.07) is 4.78. The first-order valence-corrected chi connectivity index (χ1v) is 8.81. The fraction of sp³-hybridized carbons (Fsp3) is 0.533. The summed E-state index contributed by atoms with van der Waals surface area (Å²) in [4.78, 5) is 11.8. The quantitative estimate of drug-likeness (QED) is 0.847. The molecule has 21 heavy (non-hydrogen) atoms. The predicted octanol–water partition coefficient (Wildman–Crippen LogP) is 2.46. The molecule has 0 saturated carbocycles. The highest BCUT2D eigenvalue weighted by Crippen LogP contribution is 2.33. The minimum absolute atomic E-state index is 0.0930. The Balaban J connectivity index is 2.20. The first kappa shape index (κ1) is 16.0. The number of nitrogens with one attached hydrogen (secondary N) is 2. The van der Waals surface area contributed by atoms with Gasteiger partial charge in [0.05, 0.1) is 10.8 Å². The fourth-order valence-electron chi connectivity index (χ4n) is 2.45. The van der Waals surface area contributed by atoms with Gasteiger partial charge in [-0.05, 0) is 36.6 Å². The molecule has 6 heteroatoms. The van der Waals surface area contributed by atoms with Gasteiger partial charge in [0.1, 0.15) is 0 Å². The number of hydrogen-bond donors (Lipinski definition) is 2. The van der Waals surface area contributed by atoms with Crippen LogP contribution in [0.3, 0.4) is 0 Å². The van der Waals surface area contributed by atoms with Crippen LogP contribution < -0.4 is 10.0 Å². The lowest BCUT2D eigenvalue weighted by Crippen LogP contribution is -2.29. The first-order valence-electron chi connectivity index (χ1n) is 7.33. The molecule has 2 rings (SSSR count). The van der Waals surface area contributed by atoms with Crippen LogP contribution in [0.15, 0.2) is 23.1 Å². The fourth-order valence-corrected chi connectivity index (χ4v) is 3.60. The molecule has 1 amide bonds. The molecule has 116 valence electrons. The normalized spacial score (nSPS) is 17.9. The van der Waals surface area contributed by atoms with Crippen LogP contribution in [0.2, 0.25) is 0 Å². The van der Waals surface area contributed by atoms with Crippen molar-refractivity contribution in [1.82, 2.24) is 4.72 Å². The standard InChI is InChI=1S/C15H22N2O3S/c1-4-11(5-2)9-16-21(19,20)12-6-7-14-13(8-12)10(3)15(18)17-14/h6-8,10-11,16H,4-5,9H2,1-3H3,(H,17,18). The summed E-state index contributed by atoms with van der Waals surface area (Å²) in [6.07, 6.45) is 1.89. The van der Waals surface area contributed by atoms with Crippen LogP contribution in [0.5, 0.6) is 0 Å². The summed E-state index contributed by atoms with van der Waals surface area (Å²) < 4.78 is 27.3. The van der Waals surface area contributed by atoms with Crippen LogP contribution in [0.4, 0.5) is 5.69 Å². The van der Waals surface area contributed by atoms with E-state index in [2.05, 4.69) is 23.9 Å². The topological polar surface area (TPSA) is 75.3 Å². The Kier molecular flexibility index (Phi) is 4.68. The van der Waals surface area contributed by atoms with Crippen LogP contribution >= 0.6 is 0 Å². The second kappa shape index (κ2) is 6.15. The molecule has 1 unspecified atom stereocenters. The third-order valence-electron chi connectivity index (χ3n) is 4.17. The van der Waals surface area contributed by atoms with E-state index in [1.807, 2.05) is 0 Å². The average Bonchev–Trinajstić information content (AvgIpc) is 2.75. The lowest BCUT2D eigenvalue weighted by molar-refractivity contribution is -0.116. The van der Waals surface area contributed by atoms with Crippen molar-refractivity contribution in [2.45, 2.75) is 44.4 Å². The summed E-state index contributed by atoms with van der Waals surface area (Å²) in [5.41, 5.74) is 1.44. The molecule has 1 heterocycles. The van der Waals surface area contributed by atoms with E-state index < -0.39 is 10.0 Å². The van der Waals surface area contributed by atoms with Gasteiger partial charge in [-0.3, -0.25) is 4.79 Å². The Morgan fingerprint density at radius 3 is 2.57 bits per heavy atom. The molecule has 0 bridgehead atoms. The monoisotopic (exact) mass is 310 g/mol. The molecule has 1 aromatic rings. The Hall–Kier alpha value is -1.40. The maximum atomic E-state index is 12.3. The van der Waals surface area contributed by atoms with E-state index in [1.54, 1.807) is 19.1 Å². The smallest absolute Gasteiger partial charge is 0.240 e. The zero-order valence-electron chi connectivity index (χ0n) is 12.6. The van der Waals surface area contributed by atoms with Crippen molar-refractivity contribution in [3.8, 4) is 0 Å². The summed E-state index contributed by atoms with van der Waals surface area (Å²) in [6.45, 7) is 6.32. The van der Waals surface area contributed by atoms with E-state index in [4.69, 9.17) is 0 Å². The van der Waals surface area contributed by atoms with Crippen molar-refractivity contribution in [3.05, 3.63) is 23.8 Å². The number of rotatable bonds is 6. The van der Waals surface area contributed by atoms with Crippen LogP contribution in [-0.2, 0) is 14.8 Å². The van der Waals surface area contributed by atoms with Crippen LogP contribution in [0.1, 0.15) is 45.1 Å². The number of anilines is 1. The van der Waals surface area contributed by atoms with Crippen LogP contribution in [-0.4, -0.2) is 20.9 Å². The van der Waals surface area contributed by atoms with Gasteiger partial charge in [-0.15, -0.1) is 0 Å². The molecule has 0 radical (unpaired) electrons. The Bertz CT molecular complexity index is 636.